The molecule has 2 aromatic carbocycles. The third-order valence-corrected chi connectivity index (χ3v) is 4.59. The van der Waals surface area contributed by atoms with Crippen LogP contribution in [0.25, 0.3) is 22.4 Å². The summed E-state index contributed by atoms with van der Waals surface area (Å²) in [5, 5.41) is 22.3. The minimum atomic E-state index is -0.833. The predicted molar refractivity (Wildman–Crippen MR) is 108 cm³/mol. The van der Waals surface area contributed by atoms with Crippen molar-refractivity contribution >= 4 is 11.8 Å². The number of nitrogens with zero attached hydrogens (tertiary/aromatic N) is 1. The van der Waals surface area contributed by atoms with Gasteiger partial charge in [-0.05, 0) is 42.3 Å². The highest BCUT2D eigenvalue weighted by molar-refractivity contribution is 5.80. The molecule has 1 aromatic heterocycles. The molecule has 0 unspecified atom stereocenters. The number of anilines is 1. The number of pyridine rings is 1. The summed E-state index contributed by atoms with van der Waals surface area (Å²) in [7, 11) is 0. The number of carboxylic acids is 1. The summed E-state index contributed by atoms with van der Waals surface area (Å²) >= 11 is 0. The Balaban J connectivity index is 1.74. The number of fused-ring (bicyclic) bond motifs is 1. The Labute approximate surface area is 167 Å². The molecule has 0 saturated heterocycles. The molecule has 0 fully saturated rings. The maximum absolute atomic E-state index is 10.7. The van der Waals surface area contributed by atoms with Crippen LogP contribution in [0.4, 0.5) is 5.82 Å². The van der Waals surface area contributed by atoms with Crippen molar-refractivity contribution in [2.45, 2.75) is 12.8 Å². The van der Waals surface area contributed by atoms with Crippen LogP contribution in [0.5, 0.6) is 17.2 Å². The predicted octanol–water partition coefficient (Wildman–Crippen LogP) is 4.13. The number of ether oxygens (including phenoxy) is 2. The standard InChI is InChI=1S/C22H20N2O5/c25-18-7-2-1-5-16(18)17-11-14(12-20(24-17)23-10-4-9-21(26)27)15-6-3-8-19-22(15)29-13-28-19/h1-3,5-8,11-12,25H,4,9-10,13H2,(H,23,24)(H,26,27). The van der Waals surface area contributed by atoms with Gasteiger partial charge in [-0.1, -0.05) is 24.3 Å². The molecule has 7 heteroatoms. The lowest BCUT2D eigenvalue weighted by Gasteiger charge is -2.13. The van der Waals surface area contributed by atoms with Gasteiger partial charge >= 0.3 is 5.97 Å². The average molecular weight is 392 g/mol. The Morgan fingerprint density at radius 3 is 2.72 bits per heavy atom. The van der Waals surface area contributed by atoms with Gasteiger partial charge in [0.1, 0.15) is 11.6 Å². The number of para-hydroxylation sites is 2. The number of phenols is 1. The number of rotatable bonds is 7. The summed E-state index contributed by atoms with van der Waals surface area (Å²) in [5.41, 5.74) is 2.90. The first-order chi connectivity index (χ1) is 14.1. The quantitative estimate of drug-likeness (QED) is 0.520. The van der Waals surface area contributed by atoms with Crippen LogP contribution in [-0.4, -0.2) is 34.5 Å². The number of carboxylic acid groups (broad SMARTS) is 1. The van der Waals surface area contributed by atoms with Crippen LogP contribution in [0.3, 0.4) is 0 Å². The lowest BCUT2D eigenvalue weighted by atomic mass is 10.0. The van der Waals surface area contributed by atoms with Crippen molar-refractivity contribution in [3.05, 3.63) is 54.6 Å². The van der Waals surface area contributed by atoms with Gasteiger partial charge < -0.3 is 25.0 Å². The molecule has 0 spiro atoms. The minimum absolute atomic E-state index is 0.0798. The van der Waals surface area contributed by atoms with E-state index in [1.807, 2.05) is 36.4 Å². The Hall–Kier alpha value is -3.74. The molecular weight excluding hydrogens is 372 g/mol. The fourth-order valence-corrected chi connectivity index (χ4v) is 3.22. The minimum Gasteiger partial charge on any atom is -0.507 e. The van der Waals surface area contributed by atoms with Crippen molar-refractivity contribution in [1.82, 2.24) is 4.98 Å². The number of aromatic hydroxyl groups is 1. The number of nitrogens with one attached hydrogen (secondary N) is 1. The van der Waals surface area contributed by atoms with Gasteiger partial charge in [0, 0.05) is 24.1 Å². The molecular formula is C22H20N2O5. The Morgan fingerprint density at radius 2 is 1.90 bits per heavy atom. The Kier molecular flexibility index (Phi) is 5.20. The lowest BCUT2D eigenvalue weighted by Crippen LogP contribution is -2.06. The number of hydrogen-bond donors (Lipinski definition) is 3. The zero-order valence-corrected chi connectivity index (χ0v) is 15.6. The van der Waals surface area contributed by atoms with Crippen LogP contribution in [0.15, 0.2) is 54.6 Å². The highest BCUT2D eigenvalue weighted by Gasteiger charge is 2.20. The topological polar surface area (TPSA) is 101 Å². The van der Waals surface area contributed by atoms with E-state index >= 15 is 0 Å². The largest absolute Gasteiger partial charge is 0.507 e. The summed E-state index contributed by atoms with van der Waals surface area (Å²) < 4.78 is 11.1. The van der Waals surface area contributed by atoms with Gasteiger partial charge in [-0.2, -0.15) is 0 Å². The second-order valence-corrected chi connectivity index (χ2v) is 6.61. The van der Waals surface area contributed by atoms with Crippen LogP contribution in [0.1, 0.15) is 12.8 Å². The van der Waals surface area contributed by atoms with Gasteiger partial charge in [0.05, 0.1) is 5.69 Å². The summed E-state index contributed by atoms with van der Waals surface area (Å²) in [6.07, 6.45) is 0.557. The SMILES string of the molecule is O=C(O)CCCNc1cc(-c2cccc3c2OCO3)cc(-c2ccccc2O)n1. The molecule has 0 amide bonds. The number of benzene rings is 2. The fourth-order valence-electron chi connectivity index (χ4n) is 3.22. The molecule has 3 aromatic rings. The van der Waals surface area contributed by atoms with Crippen LogP contribution in [0.2, 0.25) is 0 Å². The molecule has 148 valence electrons. The smallest absolute Gasteiger partial charge is 0.303 e. The molecule has 0 bridgehead atoms. The maximum atomic E-state index is 10.7. The zero-order valence-electron chi connectivity index (χ0n) is 15.6. The molecule has 4 rings (SSSR count). The molecule has 3 N–H and O–H groups in total. The van der Waals surface area contributed by atoms with Crippen LogP contribution >= 0.6 is 0 Å². The molecule has 0 aliphatic carbocycles. The van der Waals surface area contributed by atoms with E-state index in [0.717, 1.165) is 11.1 Å². The Bertz CT molecular complexity index is 1050. The molecule has 29 heavy (non-hydrogen) atoms. The van der Waals surface area contributed by atoms with E-state index in [4.69, 9.17) is 14.6 Å². The van der Waals surface area contributed by atoms with Crippen molar-refractivity contribution in [1.29, 1.82) is 0 Å². The van der Waals surface area contributed by atoms with Gasteiger partial charge in [0.15, 0.2) is 11.5 Å². The van der Waals surface area contributed by atoms with E-state index in [0.29, 0.717) is 41.5 Å². The molecule has 0 atom stereocenters. The summed E-state index contributed by atoms with van der Waals surface area (Å²) in [6.45, 7) is 0.638. The first-order valence-corrected chi connectivity index (χ1v) is 9.27. The third kappa shape index (κ3) is 4.08. The molecule has 1 aliphatic heterocycles. The number of phenolic OH excluding ortho intramolecular Hbond substituents is 1. The fraction of sp³-hybridized carbons (Fsp3) is 0.182. The van der Waals surface area contributed by atoms with Crippen LogP contribution < -0.4 is 14.8 Å². The average Bonchev–Trinajstić information content (AvgIpc) is 3.20. The van der Waals surface area contributed by atoms with E-state index in [-0.39, 0.29) is 19.0 Å². The molecule has 0 radical (unpaired) electrons. The number of hydrogen-bond acceptors (Lipinski definition) is 6. The first-order valence-electron chi connectivity index (χ1n) is 9.27. The summed E-state index contributed by atoms with van der Waals surface area (Å²) in [5.74, 6) is 1.23. The van der Waals surface area contributed by atoms with Gasteiger partial charge in [-0.3, -0.25) is 4.79 Å². The number of aromatic nitrogens is 1. The van der Waals surface area contributed by atoms with E-state index in [2.05, 4.69) is 10.3 Å². The van der Waals surface area contributed by atoms with E-state index < -0.39 is 5.97 Å². The second kappa shape index (κ2) is 8.10. The van der Waals surface area contributed by atoms with E-state index in [9.17, 15) is 9.90 Å². The van der Waals surface area contributed by atoms with Crippen molar-refractivity contribution in [2.75, 3.05) is 18.7 Å². The van der Waals surface area contributed by atoms with Gasteiger partial charge in [0.25, 0.3) is 0 Å². The van der Waals surface area contributed by atoms with Gasteiger partial charge in [0.2, 0.25) is 6.79 Å². The van der Waals surface area contributed by atoms with Gasteiger partial charge in [-0.15, -0.1) is 0 Å². The van der Waals surface area contributed by atoms with Crippen molar-refractivity contribution in [2.24, 2.45) is 0 Å². The number of aliphatic carboxylic acids is 1. The van der Waals surface area contributed by atoms with Crippen molar-refractivity contribution in [3.8, 4) is 39.6 Å². The highest BCUT2D eigenvalue weighted by Crippen LogP contribution is 2.42. The lowest BCUT2D eigenvalue weighted by molar-refractivity contribution is -0.137. The first kappa shape index (κ1) is 18.6. The zero-order chi connectivity index (χ0) is 20.2. The summed E-state index contributed by atoms with van der Waals surface area (Å²) in [4.78, 5) is 15.3. The van der Waals surface area contributed by atoms with E-state index in [1.165, 1.54) is 0 Å². The van der Waals surface area contributed by atoms with Gasteiger partial charge in [-0.25, -0.2) is 4.98 Å². The normalized spacial score (nSPS) is 12.0. The molecule has 1 aliphatic rings. The monoisotopic (exact) mass is 392 g/mol. The van der Waals surface area contributed by atoms with Crippen molar-refractivity contribution < 1.29 is 24.5 Å². The Morgan fingerprint density at radius 1 is 1.07 bits per heavy atom. The maximum Gasteiger partial charge on any atom is 0.303 e. The van der Waals surface area contributed by atoms with Crippen LogP contribution in [0, 0.1) is 0 Å². The van der Waals surface area contributed by atoms with Crippen molar-refractivity contribution in [3.63, 3.8) is 0 Å². The molecule has 7 nitrogen and oxygen atoms in total. The second-order valence-electron chi connectivity index (χ2n) is 6.61. The molecule has 0 saturated carbocycles. The van der Waals surface area contributed by atoms with E-state index in [1.54, 1.807) is 18.2 Å². The van der Waals surface area contributed by atoms with Crippen LogP contribution in [-0.2, 0) is 4.79 Å². The molecule has 2 heterocycles. The third-order valence-electron chi connectivity index (χ3n) is 4.59. The number of carbonyl (C=O) groups is 1. The summed E-state index contributed by atoms with van der Waals surface area (Å²) in [6, 6.07) is 16.4. The highest BCUT2D eigenvalue weighted by atomic mass is 16.7.